The molecule has 1 heterocycles. The summed E-state index contributed by atoms with van der Waals surface area (Å²) in [5.41, 5.74) is 6.35. The monoisotopic (exact) mass is 457 g/mol. The molecule has 0 aliphatic carbocycles. The minimum Gasteiger partial charge on any atom is -0.311 e. The maximum Gasteiger partial charge on any atom is 0.150 e. The number of hydrogen-bond donors (Lipinski definition) is 0. The van der Waals surface area contributed by atoms with E-state index in [4.69, 9.17) is 0 Å². The third kappa shape index (κ3) is 4.90. The zero-order valence-electron chi connectivity index (χ0n) is 18.5. The number of anilines is 3. The predicted molar refractivity (Wildman–Crippen MR) is 145 cm³/mol. The van der Waals surface area contributed by atoms with Crippen LogP contribution in [0, 0.1) is 0 Å². The van der Waals surface area contributed by atoms with E-state index in [0.29, 0.717) is 5.56 Å². The van der Waals surface area contributed by atoms with Gasteiger partial charge in [-0.1, -0.05) is 78.9 Å². The molecule has 0 unspecified atom stereocenters. The van der Waals surface area contributed by atoms with Crippen molar-refractivity contribution in [2.45, 2.75) is 0 Å². The van der Waals surface area contributed by atoms with E-state index in [1.807, 2.05) is 36.4 Å². The normalized spacial score (nSPS) is 10.9. The zero-order valence-corrected chi connectivity index (χ0v) is 19.4. The van der Waals surface area contributed by atoms with Crippen molar-refractivity contribution in [3.8, 4) is 10.4 Å². The van der Waals surface area contributed by atoms with Gasteiger partial charge in [-0.15, -0.1) is 11.3 Å². The lowest BCUT2D eigenvalue weighted by Gasteiger charge is -2.25. The molecule has 0 saturated heterocycles. The summed E-state index contributed by atoms with van der Waals surface area (Å²) in [4.78, 5) is 15.5. The second-order valence-electron chi connectivity index (χ2n) is 7.87. The Morgan fingerprint density at radius 2 is 1.09 bits per heavy atom. The van der Waals surface area contributed by atoms with Gasteiger partial charge in [-0.25, -0.2) is 0 Å². The third-order valence-electron chi connectivity index (χ3n) is 5.58. The van der Waals surface area contributed by atoms with Crippen molar-refractivity contribution in [3.63, 3.8) is 0 Å². The van der Waals surface area contributed by atoms with Gasteiger partial charge in [-0.05, 0) is 65.7 Å². The van der Waals surface area contributed by atoms with E-state index in [-0.39, 0.29) is 0 Å². The summed E-state index contributed by atoms with van der Waals surface area (Å²) in [5.74, 6) is 0. The van der Waals surface area contributed by atoms with Crippen molar-refractivity contribution < 1.29 is 4.79 Å². The summed E-state index contributed by atoms with van der Waals surface area (Å²) in [6.07, 6.45) is 5.16. The third-order valence-corrected chi connectivity index (χ3v) is 6.68. The Morgan fingerprint density at radius 1 is 0.529 bits per heavy atom. The maximum atomic E-state index is 10.9. The summed E-state index contributed by atoms with van der Waals surface area (Å²) >= 11 is 1.74. The number of carbonyl (C=O) groups excluding carboxylic acids is 1. The lowest BCUT2D eigenvalue weighted by atomic mass is 10.1. The number of thiophene rings is 1. The first-order chi connectivity index (χ1) is 16.8. The highest BCUT2D eigenvalue weighted by Crippen LogP contribution is 2.34. The summed E-state index contributed by atoms with van der Waals surface area (Å²) in [7, 11) is 0. The minimum atomic E-state index is 0.696. The minimum absolute atomic E-state index is 0.696. The molecule has 0 amide bonds. The summed E-state index contributed by atoms with van der Waals surface area (Å²) in [6.45, 7) is 0. The second-order valence-corrected chi connectivity index (χ2v) is 8.99. The van der Waals surface area contributed by atoms with Gasteiger partial charge >= 0.3 is 0 Å². The zero-order chi connectivity index (χ0) is 23.2. The molecule has 2 nitrogen and oxygen atoms in total. The Morgan fingerprint density at radius 3 is 1.68 bits per heavy atom. The quantitative estimate of drug-likeness (QED) is 0.227. The molecule has 5 rings (SSSR count). The van der Waals surface area contributed by atoms with Crippen molar-refractivity contribution in [1.82, 2.24) is 0 Å². The highest BCUT2D eigenvalue weighted by Gasteiger charge is 2.11. The molecule has 0 N–H and O–H groups in total. The van der Waals surface area contributed by atoms with E-state index in [9.17, 15) is 4.79 Å². The summed E-state index contributed by atoms with van der Waals surface area (Å²) in [6, 6.07) is 41.4. The van der Waals surface area contributed by atoms with Gasteiger partial charge < -0.3 is 4.90 Å². The van der Waals surface area contributed by atoms with E-state index in [2.05, 4.69) is 102 Å². The van der Waals surface area contributed by atoms with Gasteiger partial charge in [-0.3, -0.25) is 4.79 Å². The fourth-order valence-electron chi connectivity index (χ4n) is 3.84. The second kappa shape index (κ2) is 10.2. The Kier molecular flexibility index (Phi) is 6.46. The van der Waals surface area contributed by atoms with Gasteiger partial charge in [0.2, 0.25) is 0 Å². The van der Waals surface area contributed by atoms with Gasteiger partial charge in [-0.2, -0.15) is 0 Å². The molecule has 1 aromatic heterocycles. The molecule has 0 radical (unpaired) electrons. The number of nitrogens with zero attached hydrogens (tertiary/aromatic N) is 1. The van der Waals surface area contributed by atoms with Crippen LogP contribution in [0.3, 0.4) is 0 Å². The fraction of sp³-hybridized carbons (Fsp3) is 0. The van der Waals surface area contributed by atoms with Crippen LogP contribution in [-0.2, 0) is 0 Å². The molecular formula is C31H23NOS. The van der Waals surface area contributed by atoms with Crippen molar-refractivity contribution in [2.75, 3.05) is 4.90 Å². The van der Waals surface area contributed by atoms with E-state index in [0.717, 1.165) is 34.5 Å². The Hall–Kier alpha value is -4.21. The van der Waals surface area contributed by atoms with Gasteiger partial charge in [0.1, 0.15) is 6.29 Å². The predicted octanol–water partition coefficient (Wildman–Crippen LogP) is 8.87. The van der Waals surface area contributed by atoms with Crippen LogP contribution in [0.5, 0.6) is 0 Å². The molecular weight excluding hydrogens is 434 g/mol. The molecule has 0 atom stereocenters. The molecule has 5 aromatic rings. The maximum absolute atomic E-state index is 10.9. The van der Waals surface area contributed by atoms with Crippen molar-refractivity contribution in [3.05, 3.63) is 137 Å². The van der Waals surface area contributed by atoms with Gasteiger partial charge in [0.15, 0.2) is 0 Å². The topological polar surface area (TPSA) is 20.3 Å². The molecule has 0 aliphatic rings. The largest absolute Gasteiger partial charge is 0.311 e. The van der Waals surface area contributed by atoms with E-state index in [1.54, 1.807) is 11.3 Å². The molecule has 34 heavy (non-hydrogen) atoms. The number of benzene rings is 4. The number of rotatable bonds is 7. The first-order valence-electron chi connectivity index (χ1n) is 11.1. The van der Waals surface area contributed by atoms with Crippen LogP contribution >= 0.6 is 11.3 Å². The molecule has 0 bridgehead atoms. The first kappa shape index (κ1) is 21.6. The van der Waals surface area contributed by atoms with Crippen LogP contribution in [0.1, 0.15) is 20.8 Å². The highest BCUT2D eigenvalue weighted by atomic mass is 32.1. The Bertz CT molecular complexity index is 1350. The highest BCUT2D eigenvalue weighted by molar-refractivity contribution is 7.16. The van der Waals surface area contributed by atoms with Crippen LogP contribution in [0.2, 0.25) is 0 Å². The molecule has 0 fully saturated rings. The first-order valence-corrected chi connectivity index (χ1v) is 12.0. The van der Waals surface area contributed by atoms with Crippen molar-refractivity contribution in [2.24, 2.45) is 0 Å². The van der Waals surface area contributed by atoms with Gasteiger partial charge in [0, 0.05) is 32.4 Å². The molecule has 0 saturated carbocycles. The van der Waals surface area contributed by atoms with Crippen LogP contribution in [-0.4, -0.2) is 6.29 Å². The lowest BCUT2D eigenvalue weighted by Crippen LogP contribution is -2.09. The van der Waals surface area contributed by atoms with E-state index >= 15 is 0 Å². The smallest absolute Gasteiger partial charge is 0.150 e. The van der Waals surface area contributed by atoms with Crippen molar-refractivity contribution in [1.29, 1.82) is 0 Å². The summed E-state index contributed by atoms with van der Waals surface area (Å²) in [5, 5.41) is 0. The number of aldehydes is 1. The average Bonchev–Trinajstić information content (AvgIpc) is 3.39. The fourth-order valence-corrected chi connectivity index (χ4v) is 4.75. The Labute approximate surface area is 204 Å². The number of para-hydroxylation sites is 2. The van der Waals surface area contributed by atoms with Crippen molar-refractivity contribution >= 4 is 46.8 Å². The molecule has 0 spiro atoms. The van der Waals surface area contributed by atoms with Crippen LogP contribution in [0.15, 0.2) is 121 Å². The molecule has 3 heteroatoms. The standard InChI is InChI=1S/C31H23NOS/c33-23-25-11-16-26(17-12-25)31-22-21-30(34-31)20-15-24-13-18-29(19-14-24)32(27-7-3-1-4-8-27)28-9-5-2-6-10-28/h1-23H. The summed E-state index contributed by atoms with van der Waals surface area (Å²) < 4.78 is 0. The number of carbonyl (C=O) groups is 1. The van der Waals surface area contributed by atoms with Crippen LogP contribution in [0.4, 0.5) is 17.1 Å². The van der Waals surface area contributed by atoms with E-state index < -0.39 is 0 Å². The average molecular weight is 458 g/mol. The molecule has 4 aromatic carbocycles. The van der Waals surface area contributed by atoms with Gasteiger partial charge in [0.25, 0.3) is 0 Å². The Balaban J connectivity index is 1.35. The van der Waals surface area contributed by atoms with Gasteiger partial charge in [0.05, 0.1) is 0 Å². The SMILES string of the molecule is O=Cc1ccc(-c2ccc(C=Cc3ccc(N(c4ccccc4)c4ccccc4)cc3)s2)cc1. The van der Waals surface area contributed by atoms with Crippen LogP contribution in [0.25, 0.3) is 22.6 Å². The lowest BCUT2D eigenvalue weighted by molar-refractivity contribution is 0.112. The molecule has 0 aliphatic heterocycles. The number of hydrogen-bond acceptors (Lipinski definition) is 3. The molecule has 164 valence electrons. The van der Waals surface area contributed by atoms with E-state index in [1.165, 1.54) is 9.75 Å². The van der Waals surface area contributed by atoms with Crippen LogP contribution < -0.4 is 4.90 Å².